The highest BCUT2D eigenvalue weighted by atomic mass is 35.5. The van der Waals surface area contributed by atoms with Crippen LogP contribution in [-0.2, 0) is 14.8 Å². The van der Waals surface area contributed by atoms with Crippen molar-refractivity contribution in [3.63, 3.8) is 0 Å². The van der Waals surface area contributed by atoms with E-state index in [2.05, 4.69) is 0 Å². The van der Waals surface area contributed by atoms with Crippen molar-refractivity contribution in [3.8, 4) is 5.75 Å². The zero-order valence-electron chi connectivity index (χ0n) is 9.29. The molecule has 0 saturated carbocycles. The summed E-state index contributed by atoms with van der Waals surface area (Å²) in [6.45, 7) is -0.339. The highest BCUT2D eigenvalue weighted by molar-refractivity contribution is 7.92. The number of benzene rings is 1. The molecule has 0 N–H and O–H groups in total. The van der Waals surface area contributed by atoms with Crippen LogP contribution in [0, 0.1) is 0 Å². The molecule has 98 valence electrons. The second-order valence-electron chi connectivity index (χ2n) is 3.83. The molecule has 0 saturated heterocycles. The van der Waals surface area contributed by atoms with E-state index in [4.69, 9.17) is 16.3 Å². The zero-order valence-corrected chi connectivity index (χ0v) is 10.9. The number of hydrogen-bond donors (Lipinski definition) is 0. The van der Waals surface area contributed by atoms with Crippen molar-refractivity contribution in [2.24, 2.45) is 0 Å². The highest BCUT2D eigenvalue weighted by Crippen LogP contribution is 2.36. The second-order valence-corrected chi connectivity index (χ2v) is 6.17. The van der Waals surface area contributed by atoms with Crippen LogP contribution in [-0.4, -0.2) is 33.3 Å². The molecule has 6 nitrogen and oxygen atoms in total. The van der Waals surface area contributed by atoms with Crippen LogP contribution in [0.2, 0.25) is 5.02 Å². The molecule has 1 aromatic carbocycles. The predicted molar refractivity (Wildman–Crippen MR) is 63.1 cm³/mol. The molecule has 0 amide bonds. The fourth-order valence-corrected chi connectivity index (χ4v) is 2.73. The van der Waals surface area contributed by atoms with Crippen molar-refractivity contribution in [3.05, 3.63) is 23.2 Å². The summed E-state index contributed by atoms with van der Waals surface area (Å²) in [4.78, 5) is 10.8. The fraction of sp³-hybridized carbons (Fsp3) is 0.300. The van der Waals surface area contributed by atoms with Gasteiger partial charge in [0.05, 0.1) is 24.5 Å². The van der Waals surface area contributed by atoms with Crippen LogP contribution in [0.25, 0.3) is 0 Å². The first kappa shape index (κ1) is 13.0. The van der Waals surface area contributed by atoms with Gasteiger partial charge in [-0.25, -0.2) is 8.42 Å². The lowest BCUT2D eigenvalue weighted by Gasteiger charge is -2.35. The van der Waals surface area contributed by atoms with E-state index in [0.29, 0.717) is 5.02 Å². The van der Waals surface area contributed by atoms with E-state index in [0.717, 1.165) is 10.6 Å². The lowest BCUT2D eigenvalue weighted by atomic mass is 10.2. The quantitative estimate of drug-likeness (QED) is 0.741. The first-order chi connectivity index (χ1) is 8.29. The lowest BCUT2D eigenvalue weighted by molar-refractivity contribution is -0.313. The normalized spacial score (nSPS) is 19.0. The molecule has 0 aliphatic carbocycles. The first-order valence-corrected chi connectivity index (χ1v) is 7.16. The first-order valence-electron chi connectivity index (χ1n) is 4.94. The third-order valence-electron chi connectivity index (χ3n) is 2.45. The molecule has 1 aliphatic heterocycles. The van der Waals surface area contributed by atoms with Gasteiger partial charge in [0, 0.05) is 5.02 Å². The smallest absolute Gasteiger partial charge is 0.232 e. The predicted octanol–water partition coefficient (Wildman–Crippen LogP) is -0.383. The number of aliphatic carboxylic acids is 1. The van der Waals surface area contributed by atoms with E-state index in [1.165, 1.54) is 18.2 Å². The third-order valence-corrected chi connectivity index (χ3v) is 3.84. The summed E-state index contributed by atoms with van der Waals surface area (Å²) < 4.78 is 29.4. The number of rotatable bonds is 2. The van der Waals surface area contributed by atoms with Gasteiger partial charge >= 0.3 is 0 Å². The van der Waals surface area contributed by atoms with E-state index >= 15 is 0 Å². The van der Waals surface area contributed by atoms with E-state index < -0.39 is 22.1 Å². The van der Waals surface area contributed by atoms with Crippen LogP contribution < -0.4 is 14.1 Å². The lowest BCUT2D eigenvalue weighted by Crippen LogP contribution is -2.51. The number of halogens is 1. The average Bonchev–Trinajstić information content (AvgIpc) is 2.26. The molecule has 2 rings (SSSR count). The monoisotopic (exact) mass is 290 g/mol. The number of ether oxygens (including phenoxy) is 1. The maximum Gasteiger partial charge on any atom is 0.232 e. The topological polar surface area (TPSA) is 86.7 Å². The van der Waals surface area contributed by atoms with E-state index in [9.17, 15) is 18.3 Å². The van der Waals surface area contributed by atoms with Crippen molar-refractivity contribution < 1.29 is 23.1 Å². The summed E-state index contributed by atoms with van der Waals surface area (Å²) in [5.74, 6) is -1.32. The Labute approximate surface area is 109 Å². The molecule has 0 bridgehead atoms. The largest absolute Gasteiger partial charge is 0.546 e. The number of sulfonamides is 1. The number of carbonyl (C=O) groups excluding carboxylic acids is 1. The number of anilines is 1. The Kier molecular flexibility index (Phi) is 3.12. The average molecular weight is 291 g/mol. The van der Waals surface area contributed by atoms with Gasteiger partial charge in [-0.3, -0.25) is 4.31 Å². The molecule has 0 unspecified atom stereocenters. The minimum absolute atomic E-state index is 0.144. The Bertz CT molecular complexity index is 600. The SMILES string of the molecule is CS(=O)(=O)N1C[C@@H](C(=O)[O-])Oc2ccc(Cl)cc21. The van der Waals surface area contributed by atoms with Gasteiger partial charge in [-0.2, -0.15) is 0 Å². The number of carboxylic acid groups (broad SMARTS) is 1. The molecule has 1 atom stereocenters. The zero-order chi connectivity index (χ0) is 13.5. The minimum atomic E-state index is -3.62. The van der Waals surface area contributed by atoms with Crippen LogP contribution in [0.15, 0.2) is 18.2 Å². The molecular weight excluding hydrogens is 282 g/mol. The molecule has 1 heterocycles. The van der Waals surface area contributed by atoms with E-state index in [1.807, 2.05) is 0 Å². The maximum absolute atomic E-state index is 11.6. The van der Waals surface area contributed by atoms with Gasteiger partial charge in [0.25, 0.3) is 0 Å². The van der Waals surface area contributed by atoms with Gasteiger partial charge in [-0.1, -0.05) is 11.6 Å². The van der Waals surface area contributed by atoms with Crippen molar-refractivity contribution in [2.75, 3.05) is 17.1 Å². The fourth-order valence-electron chi connectivity index (χ4n) is 1.66. The van der Waals surface area contributed by atoms with Crippen LogP contribution in [0.5, 0.6) is 5.75 Å². The van der Waals surface area contributed by atoms with Gasteiger partial charge in [0.2, 0.25) is 10.0 Å². The van der Waals surface area contributed by atoms with Crippen LogP contribution in [0.1, 0.15) is 0 Å². The third kappa shape index (κ3) is 2.37. The molecule has 18 heavy (non-hydrogen) atoms. The molecule has 0 radical (unpaired) electrons. The molecule has 1 aromatic rings. The number of nitrogens with zero attached hydrogens (tertiary/aromatic N) is 1. The molecule has 0 fully saturated rings. The number of carbonyl (C=O) groups is 1. The highest BCUT2D eigenvalue weighted by Gasteiger charge is 2.31. The molecule has 0 spiro atoms. The summed E-state index contributed by atoms with van der Waals surface area (Å²) in [7, 11) is -3.62. The molecule has 0 aromatic heterocycles. The van der Waals surface area contributed by atoms with Crippen LogP contribution >= 0.6 is 11.6 Å². The summed E-state index contributed by atoms with van der Waals surface area (Å²) in [6, 6.07) is 4.31. The van der Waals surface area contributed by atoms with Crippen LogP contribution in [0.3, 0.4) is 0 Å². The van der Waals surface area contributed by atoms with Crippen LogP contribution in [0.4, 0.5) is 5.69 Å². The van der Waals surface area contributed by atoms with E-state index in [1.54, 1.807) is 0 Å². The van der Waals surface area contributed by atoms with Crippen molar-refractivity contribution in [1.82, 2.24) is 0 Å². The van der Waals surface area contributed by atoms with Crippen molar-refractivity contribution in [2.45, 2.75) is 6.10 Å². The van der Waals surface area contributed by atoms with E-state index in [-0.39, 0.29) is 18.0 Å². The summed E-state index contributed by atoms with van der Waals surface area (Å²) in [5.41, 5.74) is 0.225. The standard InChI is InChI=1S/C10H10ClNO5S/c1-18(15,16)12-5-9(10(13)14)17-8-3-2-6(11)4-7(8)12/h2-4,9H,5H2,1H3,(H,13,14)/p-1/t9-/m0/s1. The number of hydrogen-bond acceptors (Lipinski definition) is 5. The summed E-state index contributed by atoms with van der Waals surface area (Å²) in [6.07, 6.45) is -0.358. The molecule has 8 heteroatoms. The van der Waals surface area contributed by atoms with Gasteiger partial charge < -0.3 is 14.6 Å². The van der Waals surface area contributed by atoms with Gasteiger partial charge in [-0.15, -0.1) is 0 Å². The van der Waals surface area contributed by atoms with Crippen molar-refractivity contribution >= 4 is 33.3 Å². The Hall–Kier alpha value is -1.47. The summed E-state index contributed by atoms with van der Waals surface area (Å²) >= 11 is 5.79. The number of carboxylic acids is 1. The maximum atomic E-state index is 11.6. The summed E-state index contributed by atoms with van der Waals surface area (Å²) in [5, 5.41) is 11.2. The Morgan fingerprint density at radius 1 is 1.56 bits per heavy atom. The second kappa shape index (κ2) is 4.33. The minimum Gasteiger partial charge on any atom is -0.546 e. The Balaban J connectivity index is 2.54. The van der Waals surface area contributed by atoms with Gasteiger partial charge in [0.15, 0.2) is 6.10 Å². The Morgan fingerprint density at radius 2 is 2.22 bits per heavy atom. The number of fused-ring (bicyclic) bond motifs is 1. The van der Waals surface area contributed by atoms with Crippen molar-refractivity contribution in [1.29, 1.82) is 0 Å². The van der Waals surface area contributed by atoms with Gasteiger partial charge in [0.1, 0.15) is 5.75 Å². The Morgan fingerprint density at radius 3 is 2.78 bits per heavy atom. The van der Waals surface area contributed by atoms with Gasteiger partial charge in [-0.05, 0) is 18.2 Å². The molecular formula is C10H9ClNO5S-. The molecule has 1 aliphatic rings.